The summed E-state index contributed by atoms with van der Waals surface area (Å²) in [6, 6.07) is 7.84. The molecule has 0 saturated carbocycles. The highest BCUT2D eigenvalue weighted by atomic mass is 16.5. The number of urea groups is 1. The molecule has 1 saturated heterocycles. The lowest BCUT2D eigenvalue weighted by Crippen LogP contribution is -2.44. The number of carbonyl (C=O) groups excluding carboxylic acids is 1. The standard InChI is InChI=1S/C16H26N4O2/c1-19-9-11-20(12-10-19)15-6-4-14(5-7-15)18-16(21)17-8-3-13-22-2/h4-7H,3,8-13H2,1-2H3,(H2,17,18,21). The van der Waals surface area contributed by atoms with E-state index in [-0.39, 0.29) is 6.03 Å². The van der Waals surface area contributed by atoms with Crippen molar-refractivity contribution in [3.63, 3.8) is 0 Å². The lowest BCUT2D eigenvalue weighted by atomic mass is 10.2. The summed E-state index contributed by atoms with van der Waals surface area (Å²) in [4.78, 5) is 16.4. The minimum atomic E-state index is -0.177. The van der Waals surface area contributed by atoms with Gasteiger partial charge < -0.3 is 25.2 Å². The number of hydrogen-bond donors (Lipinski definition) is 2. The third-order valence-electron chi connectivity index (χ3n) is 3.80. The Bertz CT molecular complexity index is 456. The van der Waals surface area contributed by atoms with Gasteiger partial charge in [0.05, 0.1) is 0 Å². The van der Waals surface area contributed by atoms with E-state index in [0.717, 1.165) is 38.3 Å². The van der Waals surface area contributed by atoms with Gasteiger partial charge in [0.15, 0.2) is 0 Å². The average Bonchev–Trinajstić information content (AvgIpc) is 2.53. The quantitative estimate of drug-likeness (QED) is 0.784. The van der Waals surface area contributed by atoms with Crippen LogP contribution in [0.3, 0.4) is 0 Å². The summed E-state index contributed by atoms with van der Waals surface area (Å²) in [5.41, 5.74) is 2.02. The van der Waals surface area contributed by atoms with Crippen molar-refractivity contribution in [3.8, 4) is 0 Å². The van der Waals surface area contributed by atoms with Crippen molar-refractivity contribution in [2.45, 2.75) is 6.42 Å². The number of ether oxygens (including phenoxy) is 1. The predicted octanol–water partition coefficient (Wildman–Crippen LogP) is 1.60. The number of carbonyl (C=O) groups is 1. The Morgan fingerprint density at radius 1 is 1.18 bits per heavy atom. The fraction of sp³-hybridized carbons (Fsp3) is 0.562. The highest BCUT2D eigenvalue weighted by molar-refractivity contribution is 5.89. The molecule has 0 bridgehead atoms. The molecule has 2 rings (SSSR count). The summed E-state index contributed by atoms with van der Waals surface area (Å²) in [7, 11) is 3.80. The lowest BCUT2D eigenvalue weighted by Gasteiger charge is -2.34. The summed E-state index contributed by atoms with van der Waals surface area (Å²) in [6.45, 7) is 5.53. The van der Waals surface area contributed by atoms with Crippen molar-refractivity contribution in [2.75, 3.05) is 63.7 Å². The first-order valence-corrected chi connectivity index (χ1v) is 7.76. The van der Waals surface area contributed by atoms with Crippen LogP contribution in [0.2, 0.25) is 0 Å². The molecule has 6 nitrogen and oxygen atoms in total. The minimum absolute atomic E-state index is 0.177. The van der Waals surface area contributed by atoms with Gasteiger partial charge in [-0.15, -0.1) is 0 Å². The van der Waals surface area contributed by atoms with Crippen LogP contribution in [-0.4, -0.2) is 64.4 Å². The number of anilines is 2. The Morgan fingerprint density at radius 3 is 2.50 bits per heavy atom. The van der Waals surface area contributed by atoms with Crippen LogP contribution in [-0.2, 0) is 4.74 Å². The fourth-order valence-corrected chi connectivity index (χ4v) is 2.41. The second-order valence-corrected chi connectivity index (χ2v) is 5.56. The molecular weight excluding hydrogens is 280 g/mol. The average molecular weight is 306 g/mol. The van der Waals surface area contributed by atoms with E-state index in [9.17, 15) is 4.79 Å². The van der Waals surface area contributed by atoms with Gasteiger partial charge in [0.2, 0.25) is 0 Å². The minimum Gasteiger partial charge on any atom is -0.385 e. The van der Waals surface area contributed by atoms with Crippen LogP contribution in [0.5, 0.6) is 0 Å². The second-order valence-electron chi connectivity index (χ2n) is 5.56. The summed E-state index contributed by atoms with van der Waals surface area (Å²) in [5.74, 6) is 0. The van der Waals surface area contributed by atoms with Gasteiger partial charge in [0.1, 0.15) is 0 Å². The summed E-state index contributed by atoms with van der Waals surface area (Å²) < 4.78 is 4.94. The van der Waals surface area contributed by atoms with Gasteiger partial charge in [-0.25, -0.2) is 4.79 Å². The molecule has 0 aliphatic carbocycles. The maximum Gasteiger partial charge on any atom is 0.319 e. The van der Waals surface area contributed by atoms with E-state index < -0.39 is 0 Å². The van der Waals surface area contributed by atoms with Gasteiger partial charge in [0.25, 0.3) is 0 Å². The Balaban J connectivity index is 1.78. The van der Waals surface area contributed by atoms with E-state index in [1.165, 1.54) is 5.69 Å². The summed E-state index contributed by atoms with van der Waals surface area (Å²) >= 11 is 0. The highest BCUT2D eigenvalue weighted by Crippen LogP contribution is 2.19. The van der Waals surface area contributed by atoms with Crippen LogP contribution >= 0.6 is 0 Å². The van der Waals surface area contributed by atoms with E-state index in [0.29, 0.717) is 13.2 Å². The van der Waals surface area contributed by atoms with E-state index in [2.05, 4.69) is 39.6 Å². The van der Waals surface area contributed by atoms with Crippen molar-refractivity contribution in [3.05, 3.63) is 24.3 Å². The SMILES string of the molecule is COCCCNC(=O)Nc1ccc(N2CCN(C)CC2)cc1. The molecule has 1 fully saturated rings. The Hall–Kier alpha value is -1.79. The monoisotopic (exact) mass is 306 g/mol. The first-order chi connectivity index (χ1) is 10.7. The number of amides is 2. The molecule has 6 heteroatoms. The van der Waals surface area contributed by atoms with Crippen molar-refractivity contribution in [1.82, 2.24) is 10.2 Å². The van der Waals surface area contributed by atoms with Gasteiger partial charge in [-0.05, 0) is 37.7 Å². The van der Waals surface area contributed by atoms with Crippen molar-refractivity contribution >= 4 is 17.4 Å². The first kappa shape index (κ1) is 16.6. The smallest absolute Gasteiger partial charge is 0.319 e. The molecule has 0 atom stereocenters. The van der Waals surface area contributed by atoms with E-state index in [1.807, 2.05) is 12.1 Å². The number of piperazine rings is 1. The normalized spacial score (nSPS) is 15.6. The zero-order valence-corrected chi connectivity index (χ0v) is 13.5. The number of nitrogens with one attached hydrogen (secondary N) is 2. The van der Waals surface area contributed by atoms with Crippen LogP contribution < -0.4 is 15.5 Å². The van der Waals surface area contributed by atoms with Crippen molar-refractivity contribution in [2.24, 2.45) is 0 Å². The molecule has 2 N–H and O–H groups in total. The molecule has 1 aromatic carbocycles. The number of likely N-dealkylation sites (N-methyl/N-ethyl adjacent to an activating group) is 1. The largest absolute Gasteiger partial charge is 0.385 e. The molecule has 0 radical (unpaired) electrons. The third-order valence-corrected chi connectivity index (χ3v) is 3.80. The van der Waals surface area contributed by atoms with Gasteiger partial charge in [-0.1, -0.05) is 0 Å². The maximum atomic E-state index is 11.7. The number of nitrogens with zero attached hydrogens (tertiary/aromatic N) is 2. The van der Waals surface area contributed by atoms with Crippen LogP contribution in [0.4, 0.5) is 16.2 Å². The van der Waals surface area contributed by atoms with Gasteiger partial charge >= 0.3 is 6.03 Å². The van der Waals surface area contributed by atoms with Gasteiger partial charge in [-0.2, -0.15) is 0 Å². The molecule has 0 spiro atoms. The fourth-order valence-electron chi connectivity index (χ4n) is 2.41. The molecule has 1 aliphatic rings. The lowest BCUT2D eigenvalue weighted by molar-refractivity contribution is 0.194. The molecule has 0 aromatic heterocycles. The predicted molar refractivity (Wildman–Crippen MR) is 89.7 cm³/mol. The molecule has 1 aromatic rings. The van der Waals surface area contributed by atoms with Crippen LogP contribution in [0, 0.1) is 0 Å². The number of benzene rings is 1. The molecule has 22 heavy (non-hydrogen) atoms. The number of methoxy groups -OCH3 is 1. The molecular formula is C16H26N4O2. The van der Waals surface area contributed by atoms with E-state index in [4.69, 9.17) is 4.74 Å². The van der Waals surface area contributed by atoms with Gasteiger partial charge in [0, 0.05) is 57.8 Å². The Morgan fingerprint density at radius 2 is 1.86 bits per heavy atom. The highest BCUT2D eigenvalue weighted by Gasteiger charge is 2.14. The zero-order chi connectivity index (χ0) is 15.8. The van der Waals surface area contributed by atoms with Gasteiger partial charge in [-0.3, -0.25) is 0 Å². The number of hydrogen-bond acceptors (Lipinski definition) is 4. The maximum absolute atomic E-state index is 11.7. The summed E-state index contributed by atoms with van der Waals surface area (Å²) in [6.07, 6.45) is 0.812. The van der Waals surface area contributed by atoms with Crippen LogP contribution in [0.15, 0.2) is 24.3 Å². The molecule has 2 amide bonds. The molecule has 1 heterocycles. The topological polar surface area (TPSA) is 56.8 Å². The Labute approximate surface area is 132 Å². The molecule has 1 aliphatic heterocycles. The van der Waals surface area contributed by atoms with Crippen LogP contribution in [0.1, 0.15) is 6.42 Å². The molecule has 122 valence electrons. The van der Waals surface area contributed by atoms with Crippen molar-refractivity contribution < 1.29 is 9.53 Å². The third kappa shape index (κ3) is 5.20. The first-order valence-electron chi connectivity index (χ1n) is 7.76. The summed E-state index contributed by atoms with van der Waals surface area (Å²) in [5, 5.41) is 5.64. The zero-order valence-electron chi connectivity index (χ0n) is 13.5. The van der Waals surface area contributed by atoms with E-state index in [1.54, 1.807) is 7.11 Å². The van der Waals surface area contributed by atoms with E-state index >= 15 is 0 Å². The van der Waals surface area contributed by atoms with Crippen LogP contribution in [0.25, 0.3) is 0 Å². The van der Waals surface area contributed by atoms with Crippen molar-refractivity contribution in [1.29, 1.82) is 0 Å². The Kier molecular flexibility index (Phi) is 6.48. The number of rotatable bonds is 6. The molecule has 0 unspecified atom stereocenters. The second kappa shape index (κ2) is 8.60.